The molecule has 1 aliphatic rings. The highest BCUT2D eigenvalue weighted by Crippen LogP contribution is 2.29. The van der Waals surface area contributed by atoms with Crippen LogP contribution in [0.2, 0.25) is 0 Å². The quantitative estimate of drug-likeness (QED) is 0.830. The lowest BCUT2D eigenvalue weighted by Crippen LogP contribution is -2.38. The second-order valence-corrected chi connectivity index (χ2v) is 7.08. The molecule has 1 amide bonds. The van der Waals surface area contributed by atoms with Crippen molar-refractivity contribution in [2.75, 3.05) is 43.6 Å². The number of methoxy groups -OCH3 is 1. The third-order valence-corrected chi connectivity index (χ3v) is 5.02. The van der Waals surface area contributed by atoms with Crippen molar-refractivity contribution in [1.29, 1.82) is 0 Å². The summed E-state index contributed by atoms with van der Waals surface area (Å²) in [6, 6.07) is 5.80. The first-order valence-corrected chi connectivity index (χ1v) is 9.04. The fourth-order valence-electron chi connectivity index (χ4n) is 2.83. The summed E-state index contributed by atoms with van der Waals surface area (Å²) in [5.74, 6) is 1.49. The van der Waals surface area contributed by atoms with Crippen LogP contribution in [-0.4, -0.2) is 60.0 Å². The molecule has 2 aromatic rings. The lowest BCUT2D eigenvalue weighted by atomic mass is 10.1. The third kappa shape index (κ3) is 3.57. The largest absolute Gasteiger partial charge is 0.464 e. The van der Waals surface area contributed by atoms with Crippen molar-refractivity contribution < 1.29 is 14.3 Å². The molecule has 2 heterocycles. The van der Waals surface area contributed by atoms with E-state index in [4.69, 9.17) is 4.74 Å². The van der Waals surface area contributed by atoms with E-state index in [1.807, 2.05) is 36.9 Å². The van der Waals surface area contributed by atoms with E-state index in [2.05, 4.69) is 15.2 Å². The Bertz CT molecular complexity index is 766. The first kappa shape index (κ1) is 16.9. The SMILES string of the molecule is COC(=O)c1[nH]c2ccc(C)cc2c1NC(=O)CN1CCSCC1. The van der Waals surface area contributed by atoms with Crippen molar-refractivity contribution in [1.82, 2.24) is 9.88 Å². The van der Waals surface area contributed by atoms with Crippen LogP contribution in [0.15, 0.2) is 18.2 Å². The molecule has 0 saturated carbocycles. The van der Waals surface area contributed by atoms with E-state index in [9.17, 15) is 9.59 Å². The van der Waals surface area contributed by atoms with E-state index < -0.39 is 5.97 Å². The number of nitrogens with zero attached hydrogens (tertiary/aromatic N) is 1. The van der Waals surface area contributed by atoms with Crippen LogP contribution in [0.3, 0.4) is 0 Å². The lowest BCUT2D eigenvalue weighted by molar-refractivity contribution is -0.117. The molecule has 1 saturated heterocycles. The number of thioether (sulfide) groups is 1. The highest BCUT2D eigenvalue weighted by atomic mass is 32.2. The van der Waals surface area contributed by atoms with Crippen molar-refractivity contribution >= 4 is 40.2 Å². The zero-order chi connectivity index (χ0) is 17.1. The zero-order valence-corrected chi connectivity index (χ0v) is 14.7. The number of fused-ring (bicyclic) bond motifs is 1. The second-order valence-electron chi connectivity index (χ2n) is 5.85. The fourth-order valence-corrected chi connectivity index (χ4v) is 3.81. The van der Waals surface area contributed by atoms with Crippen molar-refractivity contribution in [3.63, 3.8) is 0 Å². The van der Waals surface area contributed by atoms with Crippen LogP contribution in [0.25, 0.3) is 10.9 Å². The van der Waals surface area contributed by atoms with Gasteiger partial charge in [0.25, 0.3) is 0 Å². The molecule has 1 fully saturated rings. The number of nitrogens with one attached hydrogen (secondary N) is 2. The molecule has 6 nitrogen and oxygen atoms in total. The van der Waals surface area contributed by atoms with Gasteiger partial charge in [-0.3, -0.25) is 9.69 Å². The summed E-state index contributed by atoms with van der Waals surface area (Å²) in [7, 11) is 1.33. The standard InChI is InChI=1S/C17H21N3O3S/c1-11-3-4-13-12(9-11)15(16(18-13)17(22)23-2)19-14(21)10-20-5-7-24-8-6-20/h3-4,9,18H,5-8,10H2,1-2H3,(H,19,21). The number of ether oxygens (including phenoxy) is 1. The molecule has 3 rings (SSSR count). The number of H-pyrrole nitrogens is 1. The van der Waals surface area contributed by atoms with Gasteiger partial charge in [-0.1, -0.05) is 11.6 Å². The van der Waals surface area contributed by atoms with Crippen molar-refractivity contribution in [2.45, 2.75) is 6.92 Å². The number of carbonyl (C=O) groups is 2. The number of hydrogen-bond donors (Lipinski definition) is 2. The molecule has 2 N–H and O–H groups in total. The van der Waals surface area contributed by atoms with Gasteiger partial charge in [0, 0.05) is 35.5 Å². The Morgan fingerprint density at radius 1 is 1.33 bits per heavy atom. The van der Waals surface area contributed by atoms with Crippen LogP contribution in [0.1, 0.15) is 16.1 Å². The number of benzene rings is 1. The van der Waals surface area contributed by atoms with Gasteiger partial charge >= 0.3 is 5.97 Å². The highest BCUT2D eigenvalue weighted by Gasteiger charge is 2.21. The molecule has 0 bridgehead atoms. The highest BCUT2D eigenvalue weighted by molar-refractivity contribution is 7.99. The molecule has 0 aliphatic carbocycles. The van der Waals surface area contributed by atoms with Crippen molar-refractivity contribution in [3.8, 4) is 0 Å². The number of anilines is 1. The van der Waals surface area contributed by atoms with E-state index in [0.717, 1.165) is 41.1 Å². The lowest BCUT2D eigenvalue weighted by Gasteiger charge is -2.25. The van der Waals surface area contributed by atoms with E-state index >= 15 is 0 Å². The summed E-state index contributed by atoms with van der Waals surface area (Å²) in [4.78, 5) is 29.7. The molecule has 24 heavy (non-hydrogen) atoms. The number of esters is 1. The van der Waals surface area contributed by atoms with Gasteiger partial charge in [-0.15, -0.1) is 0 Å². The molecule has 0 radical (unpaired) electrons. The summed E-state index contributed by atoms with van der Waals surface area (Å²) < 4.78 is 4.83. The minimum Gasteiger partial charge on any atom is -0.464 e. The van der Waals surface area contributed by atoms with Crippen LogP contribution in [0.4, 0.5) is 5.69 Å². The molecule has 0 unspecified atom stereocenters. The van der Waals surface area contributed by atoms with E-state index in [1.165, 1.54) is 7.11 Å². The van der Waals surface area contributed by atoms with Crippen LogP contribution in [0, 0.1) is 6.92 Å². The smallest absolute Gasteiger partial charge is 0.356 e. The molecule has 7 heteroatoms. The van der Waals surface area contributed by atoms with Crippen molar-refractivity contribution in [3.05, 3.63) is 29.5 Å². The predicted molar refractivity (Wildman–Crippen MR) is 96.8 cm³/mol. The monoisotopic (exact) mass is 347 g/mol. The van der Waals surface area contributed by atoms with Gasteiger partial charge in [0.1, 0.15) is 5.69 Å². The van der Waals surface area contributed by atoms with Gasteiger partial charge in [0.2, 0.25) is 5.91 Å². The molecular formula is C17H21N3O3S. The van der Waals surface area contributed by atoms with Crippen LogP contribution >= 0.6 is 11.8 Å². The summed E-state index contributed by atoms with van der Waals surface area (Å²) in [6.45, 7) is 4.13. The maximum atomic E-state index is 12.4. The van der Waals surface area contributed by atoms with Gasteiger partial charge in [-0.25, -0.2) is 4.79 Å². The maximum Gasteiger partial charge on any atom is 0.356 e. The number of aromatic amines is 1. The average molecular weight is 347 g/mol. The molecule has 1 aliphatic heterocycles. The average Bonchev–Trinajstić information content (AvgIpc) is 2.93. The number of aryl methyl sites for hydroxylation is 1. The number of amides is 1. The normalized spacial score (nSPS) is 15.4. The van der Waals surface area contributed by atoms with Gasteiger partial charge in [0.05, 0.1) is 19.3 Å². The number of rotatable bonds is 4. The Morgan fingerprint density at radius 3 is 2.79 bits per heavy atom. The molecule has 128 valence electrons. The Labute approximate surface area is 144 Å². The minimum atomic E-state index is -0.492. The Hall–Kier alpha value is -1.99. The third-order valence-electron chi connectivity index (χ3n) is 4.08. The fraction of sp³-hybridized carbons (Fsp3) is 0.412. The van der Waals surface area contributed by atoms with Gasteiger partial charge < -0.3 is 15.0 Å². The first-order valence-electron chi connectivity index (χ1n) is 7.89. The molecular weight excluding hydrogens is 326 g/mol. The van der Waals surface area contributed by atoms with Gasteiger partial charge in [0.15, 0.2) is 0 Å². The van der Waals surface area contributed by atoms with Crippen LogP contribution in [0.5, 0.6) is 0 Å². The van der Waals surface area contributed by atoms with E-state index in [-0.39, 0.29) is 11.6 Å². The number of hydrogen-bond acceptors (Lipinski definition) is 5. The Kier molecular flexibility index (Phi) is 5.11. The van der Waals surface area contributed by atoms with Crippen LogP contribution < -0.4 is 5.32 Å². The van der Waals surface area contributed by atoms with Gasteiger partial charge in [-0.05, 0) is 19.1 Å². The maximum absolute atomic E-state index is 12.4. The topological polar surface area (TPSA) is 74.4 Å². The molecule has 1 aromatic heterocycles. The second kappa shape index (κ2) is 7.27. The van der Waals surface area contributed by atoms with Crippen LogP contribution in [-0.2, 0) is 9.53 Å². The molecule has 0 spiro atoms. The summed E-state index contributed by atoms with van der Waals surface area (Å²) in [6.07, 6.45) is 0. The molecule has 0 atom stereocenters. The van der Waals surface area contributed by atoms with Crippen molar-refractivity contribution in [2.24, 2.45) is 0 Å². The van der Waals surface area contributed by atoms with Gasteiger partial charge in [-0.2, -0.15) is 11.8 Å². The van der Waals surface area contributed by atoms with E-state index in [1.54, 1.807) is 0 Å². The molecule has 1 aromatic carbocycles. The zero-order valence-electron chi connectivity index (χ0n) is 13.8. The Morgan fingerprint density at radius 2 is 2.08 bits per heavy atom. The summed E-state index contributed by atoms with van der Waals surface area (Å²) in [5, 5.41) is 3.72. The number of carbonyl (C=O) groups excluding carboxylic acids is 2. The predicted octanol–water partition coefficient (Wildman–Crippen LogP) is 2.25. The number of aromatic nitrogens is 1. The van der Waals surface area contributed by atoms with E-state index in [0.29, 0.717) is 12.2 Å². The minimum absolute atomic E-state index is 0.116. The summed E-state index contributed by atoms with van der Waals surface area (Å²) >= 11 is 1.90. The summed E-state index contributed by atoms with van der Waals surface area (Å²) in [5.41, 5.74) is 2.63. The Balaban J connectivity index is 1.87. The first-order chi connectivity index (χ1) is 11.6.